The number of amides is 2. The van der Waals surface area contributed by atoms with Gasteiger partial charge in [0, 0.05) is 16.7 Å². The van der Waals surface area contributed by atoms with E-state index in [2.05, 4.69) is 15.9 Å². The van der Waals surface area contributed by atoms with Gasteiger partial charge in [0.25, 0.3) is 0 Å². The molecule has 0 atom stereocenters. The Morgan fingerprint density at radius 2 is 1.93 bits per heavy atom. The van der Waals surface area contributed by atoms with Crippen LogP contribution in [0.5, 0.6) is 0 Å². The second-order valence-electron chi connectivity index (χ2n) is 3.11. The van der Waals surface area contributed by atoms with Gasteiger partial charge in [0.1, 0.15) is 0 Å². The molecule has 82 valence electrons. The van der Waals surface area contributed by atoms with Gasteiger partial charge in [0.2, 0.25) is 0 Å². The third kappa shape index (κ3) is 3.53. The lowest BCUT2D eigenvalue weighted by atomic mass is 10.3. The minimum atomic E-state index is -0.453. The molecule has 5 heteroatoms. The average Bonchev–Trinajstić information content (AvgIpc) is 2.21. The summed E-state index contributed by atoms with van der Waals surface area (Å²) in [7, 11) is 0. The molecule has 1 aromatic carbocycles. The summed E-state index contributed by atoms with van der Waals surface area (Å²) in [6.45, 7) is 1.09. The van der Waals surface area contributed by atoms with Crippen LogP contribution < -0.4 is 16.4 Å². The summed E-state index contributed by atoms with van der Waals surface area (Å²) in [6.07, 6.45) is 0.735. The van der Waals surface area contributed by atoms with Gasteiger partial charge in [-0.2, -0.15) is 0 Å². The second-order valence-corrected chi connectivity index (χ2v) is 4.02. The summed E-state index contributed by atoms with van der Waals surface area (Å²) >= 11 is 3.33. The number of hydrogen-bond acceptors (Lipinski definition) is 2. The molecule has 0 aliphatic carbocycles. The SMILES string of the molecule is NCCCN(C(N)=O)c1ccc(Br)cc1. The number of benzene rings is 1. The van der Waals surface area contributed by atoms with E-state index in [0.29, 0.717) is 13.1 Å². The van der Waals surface area contributed by atoms with Crippen LogP contribution in [0.4, 0.5) is 10.5 Å². The van der Waals surface area contributed by atoms with Gasteiger partial charge in [-0.25, -0.2) is 4.79 Å². The van der Waals surface area contributed by atoms with Gasteiger partial charge in [-0.1, -0.05) is 15.9 Å². The van der Waals surface area contributed by atoms with Crippen molar-refractivity contribution in [1.82, 2.24) is 0 Å². The molecule has 0 bridgehead atoms. The highest BCUT2D eigenvalue weighted by Gasteiger charge is 2.10. The number of halogens is 1. The monoisotopic (exact) mass is 271 g/mol. The third-order valence-electron chi connectivity index (χ3n) is 1.99. The van der Waals surface area contributed by atoms with E-state index in [1.165, 1.54) is 4.90 Å². The van der Waals surface area contributed by atoms with Gasteiger partial charge in [-0.3, -0.25) is 4.90 Å². The topological polar surface area (TPSA) is 72.3 Å². The summed E-state index contributed by atoms with van der Waals surface area (Å²) in [6, 6.07) is 6.96. The van der Waals surface area contributed by atoms with Crippen LogP contribution in [0.25, 0.3) is 0 Å². The van der Waals surface area contributed by atoms with Crippen LogP contribution in [0, 0.1) is 0 Å². The van der Waals surface area contributed by atoms with Crippen molar-refractivity contribution in [2.75, 3.05) is 18.0 Å². The first-order valence-electron chi connectivity index (χ1n) is 4.67. The first-order valence-corrected chi connectivity index (χ1v) is 5.47. The molecule has 2 amide bonds. The zero-order valence-corrected chi connectivity index (χ0v) is 9.90. The number of hydrogen-bond donors (Lipinski definition) is 2. The first kappa shape index (κ1) is 12.0. The smallest absolute Gasteiger partial charge is 0.319 e. The quantitative estimate of drug-likeness (QED) is 0.875. The maximum absolute atomic E-state index is 11.2. The van der Waals surface area contributed by atoms with E-state index in [0.717, 1.165) is 16.6 Å². The van der Waals surface area contributed by atoms with Crippen molar-refractivity contribution in [2.45, 2.75) is 6.42 Å². The summed E-state index contributed by atoms with van der Waals surface area (Å²) < 4.78 is 0.967. The van der Waals surface area contributed by atoms with Crippen molar-refractivity contribution in [2.24, 2.45) is 11.5 Å². The molecule has 0 heterocycles. The molecule has 0 aliphatic rings. The lowest BCUT2D eigenvalue weighted by Crippen LogP contribution is -2.37. The van der Waals surface area contributed by atoms with Crippen LogP contribution in [-0.4, -0.2) is 19.1 Å². The van der Waals surface area contributed by atoms with Crippen molar-refractivity contribution in [1.29, 1.82) is 0 Å². The van der Waals surface area contributed by atoms with E-state index in [9.17, 15) is 4.79 Å². The Balaban J connectivity index is 2.79. The Morgan fingerprint density at radius 3 is 2.40 bits per heavy atom. The van der Waals surface area contributed by atoms with Crippen LogP contribution in [0.3, 0.4) is 0 Å². The van der Waals surface area contributed by atoms with E-state index in [1.54, 1.807) is 0 Å². The molecule has 0 saturated heterocycles. The van der Waals surface area contributed by atoms with Crippen LogP contribution in [0.1, 0.15) is 6.42 Å². The van der Waals surface area contributed by atoms with Crippen molar-refractivity contribution in [3.63, 3.8) is 0 Å². The number of rotatable bonds is 4. The molecule has 1 aromatic rings. The molecule has 0 unspecified atom stereocenters. The molecule has 0 fully saturated rings. The van der Waals surface area contributed by atoms with Gasteiger partial charge < -0.3 is 11.5 Å². The number of nitrogens with two attached hydrogens (primary N) is 2. The minimum absolute atomic E-state index is 0.453. The van der Waals surface area contributed by atoms with Gasteiger partial charge in [-0.15, -0.1) is 0 Å². The molecule has 0 aromatic heterocycles. The summed E-state index contributed by atoms with van der Waals surface area (Å²) in [5, 5.41) is 0. The van der Waals surface area contributed by atoms with E-state index in [4.69, 9.17) is 11.5 Å². The zero-order chi connectivity index (χ0) is 11.3. The van der Waals surface area contributed by atoms with E-state index < -0.39 is 6.03 Å². The summed E-state index contributed by atoms with van der Waals surface area (Å²) in [5.74, 6) is 0. The van der Waals surface area contributed by atoms with E-state index in [1.807, 2.05) is 24.3 Å². The number of primary amides is 1. The van der Waals surface area contributed by atoms with Gasteiger partial charge in [0.15, 0.2) is 0 Å². The standard InChI is InChI=1S/C10H14BrN3O/c11-8-2-4-9(5-3-8)14(10(13)15)7-1-6-12/h2-5H,1,6-7,12H2,(H2,13,15). The Kier molecular flexibility index (Phi) is 4.58. The van der Waals surface area contributed by atoms with Crippen molar-refractivity contribution in [3.05, 3.63) is 28.7 Å². The lowest BCUT2D eigenvalue weighted by Gasteiger charge is -2.20. The lowest BCUT2D eigenvalue weighted by molar-refractivity contribution is 0.254. The fourth-order valence-corrected chi connectivity index (χ4v) is 1.50. The summed E-state index contributed by atoms with van der Waals surface area (Å²) in [4.78, 5) is 12.7. The molecule has 0 saturated carbocycles. The number of urea groups is 1. The van der Waals surface area contributed by atoms with Crippen molar-refractivity contribution >= 4 is 27.6 Å². The highest BCUT2D eigenvalue weighted by Crippen LogP contribution is 2.18. The van der Waals surface area contributed by atoms with Crippen LogP contribution in [0.2, 0.25) is 0 Å². The third-order valence-corrected chi connectivity index (χ3v) is 2.52. The van der Waals surface area contributed by atoms with Gasteiger partial charge >= 0.3 is 6.03 Å². The largest absolute Gasteiger partial charge is 0.351 e. The minimum Gasteiger partial charge on any atom is -0.351 e. The number of anilines is 1. The molecule has 4 N–H and O–H groups in total. The highest BCUT2D eigenvalue weighted by atomic mass is 79.9. The molecular formula is C10H14BrN3O. The first-order chi connectivity index (χ1) is 7.15. The molecule has 4 nitrogen and oxygen atoms in total. The van der Waals surface area contributed by atoms with Crippen molar-refractivity contribution in [3.8, 4) is 0 Å². The molecular weight excluding hydrogens is 258 g/mol. The molecule has 15 heavy (non-hydrogen) atoms. The molecule has 1 rings (SSSR count). The maximum Gasteiger partial charge on any atom is 0.319 e. The Labute approximate surface area is 97.4 Å². The van der Waals surface area contributed by atoms with Crippen LogP contribution >= 0.6 is 15.9 Å². The van der Waals surface area contributed by atoms with Gasteiger partial charge in [0.05, 0.1) is 0 Å². The summed E-state index contributed by atoms with van der Waals surface area (Å²) in [5.41, 5.74) is 11.5. The van der Waals surface area contributed by atoms with E-state index in [-0.39, 0.29) is 0 Å². The van der Waals surface area contributed by atoms with E-state index >= 15 is 0 Å². The normalized spacial score (nSPS) is 10.0. The zero-order valence-electron chi connectivity index (χ0n) is 8.32. The number of carbonyl (C=O) groups is 1. The van der Waals surface area contributed by atoms with Crippen LogP contribution in [0.15, 0.2) is 28.7 Å². The predicted molar refractivity (Wildman–Crippen MR) is 64.7 cm³/mol. The average molecular weight is 272 g/mol. The highest BCUT2D eigenvalue weighted by molar-refractivity contribution is 9.10. The predicted octanol–water partition coefficient (Wildman–Crippen LogP) is 1.68. The fourth-order valence-electron chi connectivity index (χ4n) is 1.24. The fraction of sp³-hybridized carbons (Fsp3) is 0.300. The molecule has 0 spiro atoms. The Morgan fingerprint density at radius 1 is 1.33 bits per heavy atom. The Bertz CT molecular complexity index is 326. The maximum atomic E-state index is 11.2. The Hall–Kier alpha value is -1.07. The number of nitrogens with zero attached hydrogens (tertiary/aromatic N) is 1. The number of carbonyl (C=O) groups excluding carboxylic acids is 1. The van der Waals surface area contributed by atoms with Gasteiger partial charge in [-0.05, 0) is 37.2 Å². The van der Waals surface area contributed by atoms with Crippen molar-refractivity contribution < 1.29 is 4.79 Å². The molecule has 0 radical (unpaired) electrons. The van der Waals surface area contributed by atoms with Crippen LogP contribution in [-0.2, 0) is 0 Å². The molecule has 0 aliphatic heterocycles. The second kappa shape index (κ2) is 5.72.